The number of carboxylic acid groups (broad SMARTS) is 1. The molecule has 0 fully saturated rings. The van der Waals surface area contributed by atoms with Gasteiger partial charge in [0.15, 0.2) is 0 Å². The predicted octanol–water partition coefficient (Wildman–Crippen LogP) is 3.18. The molecule has 0 unspecified atom stereocenters. The predicted molar refractivity (Wildman–Crippen MR) is 93.6 cm³/mol. The van der Waals surface area contributed by atoms with Crippen LogP contribution in [-0.2, 0) is 11.3 Å². The van der Waals surface area contributed by atoms with E-state index in [-0.39, 0.29) is 24.3 Å². The van der Waals surface area contributed by atoms with Crippen molar-refractivity contribution in [2.75, 3.05) is 0 Å². The molecule has 0 bridgehead atoms. The largest absolute Gasteiger partial charge is 0.481 e. The molecular weight excluding hydrogens is 323 g/mol. The average molecular weight is 338 g/mol. The van der Waals surface area contributed by atoms with Gasteiger partial charge in [0.25, 0.3) is 5.56 Å². The molecule has 1 N–H and O–H groups in total. The van der Waals surface area contributed by atoms with E-state index >= 15 is 0 Å². The molecule has 5 nitrogen and oxygen atoms in total. The smallest absolute Gasteiger partial charge is 0.305 e. The summed E-state index contributed by atoms with van der Waals surface area (Å²) >= 11 is 0. The van der Waals surface area contributed by atoms with Gasteiger partial charge in [-0.15, -0.1) is 0 Å². The number of aliphatic carboxylic acids is 1. The molecule has 0 saturated carbocycles. The molecule has 0 aliphatic rings. The molecule has 3 aromatic rings. The standard InChI is InChI=1S/C19H15FN2O3/c20-14-5-3-4-13(12-14)8-9-17-21-16-7-2-1-6-15(16)19(25)22(17)11-10-18(23)24/h1-9,12H,10-11H2,(H,23,24). The topological polar surface area (TPSA) is 72.2 Å². The minimum Gasteiger partial charge on any atom is -0.481 e. The average Bonchev–Trinajstić information content (AvgIpc) is 2.59. The first-order valence-electron chi connectivity index (χ1n) is 7.69. The highest BCUT2D eigenvalue weighted by molar-refractivity contribution is 5.79. The van der Waals surface area contributed by atoms with E-state index in [0.29, 0.717) is 22.3 Å². The Balaban J connectivity index is 2.09. The molecule has 0 spiro atoms. The van der Waals surface area contributed by atoms with Gasteiger partial charge in [-0.2, -0.15) is 0 Å². The van der Waals surface area contributed by atoms with Crippen LogP contribution < -0.4 is 5.56 Å². The van der Waals surface area contributed by atoms with Crippen molar-refractivity contribution in [1.82, 2.24) is 9.55 Å². The number of rotatable bonds is 5. The molecule has 0 aliphatic carbocycles. The summed E-state index contributed by atoms with van der Waals surface area (Å²) in [6.45, 7) is 0.00876. The maximum Gasteiger partial charge on any atom is 0.305 e. The molecular formula is C19H15FN2O3. The third-order valence-corrected chi connectivity index (χ3v) is 3.71. The van der Waals surface area contributed by atoms with Gasteiger partial charge in [-0.1, -0.05) is 30.3 Å². The minimum atomic E-state index is -1.000. The number of carboxylic acids is 1. The SMILES string of the molecule is O=C(O)CCn1c(C=Cc2cccc(F)c2)nc2ccccc2c1=O. The fraction of sp³-hybridized carbons (Fsp3) is 0.105. The van der Waals surface area contributed by atoms with Gasteiger partial charge in [0, 0.05) is 6.54 Å². The van der Waals surface area contributed by atoms with Crippen LogP contribution in [0.15, 0.2) is 53.3 Å². The molecule has 0 saturated heterocycles. The second kappa shape index (κ2) is 7.09. The normalized spacial score (nSPS) is 11.2. The van der Waals surface area contributed by atoms with Gasteiger partial charge in [-0.05, 0) is 35.9 Å². The fourth-order valence-corrected chi connectivity index (χ4v) is 2.52. The summed E-state index contributed by atoms with van der Waals surface area (Å²) in [4.78, 5) is 28.0. The number of halogens is 1. The number of fused-ring (bicyclic) bond motifs is 1. The van der Waals surface area contributed by atoms with Gasteiger partial charge >= 0.3 is 5.97 Å². The third-order valence-electron chi connectivity index (χ3n) is 3.71. The van der Waals surface area contributed by atoms with Crippen LogP contribution >= 0.6 is 0 Å². The Morgan fingerprint density at radius 2 is 1.96 bits per heavy atom. The summed E-state index contributed by atoms with van der Waals surface area (Å²) in [5.74, 6) is -1.04. The lowest BCUT2D eigenvalue weighted by molar-refractivity contribution is -0.137. The first-order valence-corrected chi connectivity index (χ1v) is 7.69. The molecule has 0 atom stereocenters. The van der Waals surface area contributed by atoms with Crippen molar-refractivity contribution in [2.45, 2.75) is 13.0 Å². The number of carbonyl (C=O) groups is 1. The number of hydrogen-bond donors (Lipinski definition) is 1. The number of benzene rings is 2. The van der Waals surface area contributed by atoms with Crippen molar-refractivity contribution < 1.29 is 14.3 Å². The molecule has 1 aromatic heterocycles. The van der Waals surface area contributed by atoms with Crippen LogP contribution in [-0.4, -0.2) is 20.6 Å². The van der Waals surface area contributed by atoms with Gasteiger partial charge in [0.05, 0.1) is 17.3 Å². The van der Waals surface area contributed by atoms with Gasteiger partial charge in [-0.3, -0.25) is 14.2 Å². The van der Waals surface area contributed by atoms with Crippen LogP contribution in [0.4, 0.5) is 4.39 Å². The highest BCUT2D eigenvalue weighted by atomic mass is 19.1. The van der Waals surface area contributed by atoms with Crippen LogP contribution in [0.5, 0.6) is 0 Å². The van der Waals surface area contributed by atoms with Crippen molar-refractivity contribution in [3.63, 3.8) is 0 Å². The highest BCUT2D eigenvalue weighted by Gasteiger charge is 2.10. The molecule has 3 rings (SSSR count). The summed E-state index contributed by atoms with van der Waals surface area (Å²) in [5, 5.41) is 9.34. The number of para-hydroxylation sites is 1. The van der Waals surface area contributed by atoms with Gasteiger partial charge < -0.3 is 5.11 Å². The van der Waals surface area contributed by atoms with Crippen molar-refractivity contribution in [2.24, 2.45) is 0 Å². The molecule has 1 heterocycles. The Labute approximate surface area is 142 Å². The van der Waals surface area contributed by atoms with Crippen LogP contribution in [0.1, 0.15) is 17.8 Å². The van der Waals surface area contributed by atoms with Crippen molar-refractivity contribution in [1.29, 1.82) is 0 Å². The molecule has 0 radical (unpaired) electrons. The number of hydrogen-bond acceptors (Lipinski definition) is 3. The molecule has 25 heavy (non-hydrogen) atoms. The third kappa shape index (κ3) is 3.80. The summed E-state index contributed by atoms with van der Waals surface area (Å²) < 4.78 is 14.6. The summed E-state index contributed by atoms with van der Waals surface area (Å²) in [6.07, 6.45) is 3.03. The maximum atomic E-state index is 13.3. The first kappa shape index (κ1) is 16.6. The van der Waals surface area contributed by atoms with Gasteiger partial charge in [0.2, 0.25) is 0 Å². The van der Waals surface area contributed by atoms with E-state index in [2.05, 4.69) is 4.98 Å². The van der Waals surface area contributed by atoms with Crippen molar-refractivity contribution in [3.8, 4) is 0 Å². The monoisotopic (exact) mass is 338 g/mol. The van der Waals surface area contributed by atoms with Crippen molar-refractivity contribution in [3.05, 3.63) is 76.1 Å². The van der Waals surface area contributed by atoms with Crippen LogP contribution in [0.2, 0.25) is 0 Å². The van der Waals surface area contributed by atoms with E-state index in [9.17, 15) is 14.0 Å². The number of nitrogens with zero attached hydrogens (tertiary/aromatic N) is 2. The quantitative estimate of drug-likeness (QED) is 0.775. The van der Waals surface area contributed by atoms with Crippen LogP contribution in [0, 0.1) is 5.82 Å². The number of aromatic nitrogens is 2. The zero-order chi connectivity index (χ0) is 17.8. The van der Waals surface area contributed by atoms with E-state index in [1.54, 1.807) is 48.6 Å². The lowest BCUT2D eigenvalue weighted by Gasteiger charge is -2.10. The summed E-state index contributed by atoms with van der Waals surface area (Å²) in [5.41, 5.74) is 0.843. The molecule has 0 aliphatic heterocycles. The van der Waals surface area contributed by atoms with E-state index in [1.807, 2.05) is 0 Å². The molecule has 0 amide bonds. The summed E-state index contributed by atoms with van der Waals surface area (Å²) in [6, 6.07) is 12.9. The molecule has 6 heteroatoms. The Morgan fingerprint density at radius 3 is 2.72 bits per heavy atom. The first-order chi connectivity index (χ1) is 12.0. The Morgan fingerprint density at radius 1 is 1.16 bits per heavy atom. The van der Waals surface area contributed by atoms with Crippen LogP contribution in [0.25, 0.3) is 23.1 Å². The Bertz CT molecular complexity index is 1020. The van der Waals surface area contributed by atoms with Crippen LogP contribution in [0.3, 0.4) is 0 Å². The van der Waals surface area contributed by atoms with E-state index in [0.717, 1.165) is 0 Å². The lowest BCUT2D eigenvalue weighted by atomic mass is 10.2. The maximum absolute atomic E-state index is 13.3. The second-order valence-corrected chi connectivity index (χ2v) is 5.48. The molecule has 126 valence electrons. The lowest BCUT2D eigenvalue weighted by Crippen LogP contribution is -2.25. The highest BCUT2D eigenvalue weighted by Crippen LogP contribution is 2.12. The van der Waals surface area contributed by atoms with E-state index in [4.69, 9.17) is 5.11 Å². The van der Waals surface area contributed by atoms with E-state index in [1.165, 1.54) is 16.7 Å². The molecule has 2 aromatic carbocycles. The zero-order valence-corrected chi connectivity index (χ0v) is 13.2. The van der Waals surface area contributed by atoms with Gasteiger partial charge in [0.1, 0.15) is 11.6 Å². The zero-order valence-electron chi connectivity index (χ0n) is 13.2. The van der Waals surface area contributed by atoms with Crippen molar-refractivity contribution >= 4 is 29.0 Å². The van der Waals surface area contributed by atoms with Gasteiger partial charge in [-0.25, -0.2) is 9.37 Å². The van der Waals surface area contributed by atoms with E-state index < -0.39 is 5.97 Å². The summed E-state index contributed by atoms with van der Waals surface area (Å²) in [7, 11) is 0. The second-order valence-electron chi connectivity index (χ2n) is 5.48. The Kier molecular flexibility index (Phi) is 4.70. The minimum absolute atomic E-state index is 0.00876. The Hall–Kier alpha value is -3.28. The fourth-order valence-electron chi connectivity index (χ4n) is 2.52.